The van der Waals surface area contributed by atoms with E-state index in [0.29, 0.717) is 13.2 Å². The zero-order valence-electron chi connectivity index (χ0n) is 16.7. The molecule has 0 unspecified atom stereocenters. The van der Waals surface area contributed by atoms with Gasteiger partial charge in [0.1, 0.15) is 17.4 Å². The number of benzene rings is 1. The fraction of sp³-hybridized carbons (Fsp3) is 0.217. The number of nitrogens with zero attached hydrogens (tertiary/aromatic N) is 2. The number of rotatable bonds is 7. The first kappa shape index (κ1) is 20.4. The van der Waals surface area contributed by atoms with Crippen LogP contribution in [0.1, 0.15) is 28.8 Å². The van der Waals surface area contributed by atoms with E-state index in [-0.39, 0.29) is 11.5 Å². The zero-order valence-corrected chi connectivity index (χ0v) is 17.5. The largest absolute Gasteiger partial charge is 0.494 e. The Morgan fingerprint density at radius 2 is 2.03 bits per heavy atom. The zero-order chi connectivity index (χ0) is 20.8. The molecule has 0 saturated heterocycles. The number of thiophene rings is 1. The van der Waals surface area contributed by atoms with Crippen LogP contribution < -0.4 is 10.1 Å². The number of amides is 1. The second kappa shape index (κ2) is 9.26. The van der Waals surface area contributed by atoms with Crippen molar-refractivity contribution >= 4 is 23.3 Å². The Labute approximate surface area is 174 Å². The van der Waals surface area contributed by atoms with Crippen molar-refractivity contribution in [3.8, 4) is 17.5 Å². The number of hydrogen-bond donors (Lipinski definition) is 1. The molecule has 2 heterocycles. The minimum absolute atomic E-state index is 0.0912. The summed E-state index contributed by atoms with van der Waals surface area (Å²) in [4.78, 5) is 13.5. The molecule has 0 atom stereocenters. The third kappa shape index (κ3) is 4.76. The van der Waals surface area contributed by atoms with Crippen molar-refractivity contribution in [1.29, 1.82) is 5.26 Å². The number of carbonyl (C=O) groups excluding carboxylic acids is 1. The summed E-state index contributed by atoms with van der Waals surface area (Å²) < 4.78 is 7.60. The van der Waals surface area contributed by atoms with E-state index in [1.54, 1.807) is 17.4 Å². The fourth-order valence-corrected chi connectivity index (χ4v) is 3.81. The summed E-state index contributed by atoms with van der Waals surface area (Å²) in [6, 6.07) is 15.8. The molecule has 0 fully saturated rings. The third-order valence-electron chi connectivity index (χ3n) is 4.54. The van der Waals surface area contributed by atoms with E-state index in [9.17, 15) is 10.1 Å². The van der Waals surface area contributed by atoms with Crippen LogP contribution in [0.25, 0.3) is 11.8 Å². The smallest absolute Gasteiger partial charge is 0.262 e. The number of nitrogens with one attached hydrogen (secondary N) is 1. The van der Waals surface area contributed by atoms with Crippen molar-refractivity contribution in [3.05, 3.63) is 75.2 Å². The van der Waals surface area contributed by atoms with Crippen LogP contribution in [0.2, 0.25) is 0 Å². The second-order valence-corrected chi connectivity index (χ2v) is 7.55. The summed E-state index contributed by atoms with van der Waals surface area (Å²) in [5.74, 6) is 0.458. The molecular formula is C23H23N3O2S. The molecule has 0 aliphatic heterocycles. The maximum absolute atomic E-state index is 12.4. The number of aryl methyl sites for hydroxylation is 1. The lowest BCUT2D eigenvalue weighted by molar-refractivity contribution is -0.117. The van der Waals surface area contributed by atoms with Crippen LogP contribution in [-0.2, 0) is 11.3 Å². The van der Waals surface area contributed by atoms with Gasteiger partial charge in [0, 0.05) is 22.0 Å². The molecule has 0 bridgehead atoms. The SMILES string of the molecule is CCOc1ccc(-n2c(C)cc(/C=C(\C#N)C(=O)NCc3cccs3)c2C)cc1. The van der Waals surface area contributed by atoms with Crippen LogP contribution in [0.15, 0.2) is 53.4 Å². The quantitative estimate of drug-likeness (QED) is 0.454. The molecule has 1 aromatic carbocycles. The minimum Gasteiger partial charge on any atom is -0.494 e. The summed E-state index contributed by atoms with van der Waals surface area (Å²) in [5, 5.41) is 14.2. The number of hydrogen-bond acceptors (Lipinski definition) is 4. The standard InChI is InChI=1S/C23H23N3O2S/c1-4-28-21-9-7-20(8-10-21)26-16(2)12-18(17(26)3)13-19(14-24)23(27)25-15-22-6-5-11-29-22/h5-13H,4,15H2,1-3H3,(H,25,27)/b19-13+. The Bertz CT molecular complexity index is 1050. The molecule has 0 radical (unpaired) electrons. The molecule has 3 aromatic rings. The first-order valence-corrected chi connectivity index (χ1v) is 10.3. The van der Waals surface area contributed by atoms with Crippen LogP contribution in [0, 0.1) is 25.2 Å². The first-order valence-electron chi connectivity index (χ1n) is 9.38. The van der Waals surface area contributed by atoms with Gasteiger partial charge in [-0.1, -0.05) is 6.07 Å². The van der Waals surface area contributed by atoms with Gasteiger partial charge < -0.3 is 14.6 Å². The lowest BCUT2D eigenvalue weighted by atomic mass is 10.1. The Hall–Kier alpha value is -3.30. The predicted molar refractivity (Wildman–Crippen MR) is 116 cm³/mol. The molecule has 0 aliphatic rings. The van der Waals surface area contributed by atoms with E-state index in [4.69, 9.17) is 4.74 Å². The van der Waals surface area contributed by atoms with Gasteiger partial charge in [-0.2, -0.15) is 5.26 Å². The average Bonchev–Trinajstić information content (AvgIpc) is 3.33. The molecule has 0 aliphatic carbocycles. The van der Waals surface area contributed by atoms with Crippen molar-refractivity contribution < 1.29 is 9.53 Å². The maximum atomic E-state index is 12.4. The molecule has 3 rings (SSSR count). The van der Waals surface area contributed by atoms with Gasteiger partial charge in [-0.15, -0.1) is 11.3 Å². The Morgan fingerprint density at radius 3 is 2.66 bits per heavy atom. The Balaban J connectivity index is 1.83. The van der Waals surface area contributed by atoms with Crippen LogP contribution in [-0.4, -0.2) is 17.1 Å². The van der Waals surface area contributed by atoms with Crippen LogP contribution >= 0.6 is 11.3 Å². The first-order chi connectivity index (χ1) is 14.0. The van der Waals surface area contributed by atoms with Crippen LogP contribution in [0.3, 0.4) is 0 Å². The van der Waals surface area contributed by atoms with Gasteiger partial charge in [0.2, 0.25) is 0 Å². The second-order valence-electron chi connectivity index (χ2n) is 6.52. The highest BCUT2D eigenvalue weighted by Crippen LogP contribution is 2.24. The van der Waals surface area contributed by atoms with E-state index in [1.807, 2.05) is 74.7 Å². The van der Waals surface area contributed by atoms with E-state index in [2.05, 4.69) is 9.88 Å². The topological polar surface area (TPSA) is 67.0 Å². The van der Waals surface area contributed by atoms with Crippen molar-refractivity contribution in [3.63, 3.8) is 0 Å². The normalized spacial score (nSPS) is 11.2. The minimum atomic E-state index is -0.369. The van der Waals surface area contributed by atoms with E-state index in [1.165, 1.54) is 0 Å². The van der Waals surface area contributed by atoms with Gasteiger partial charge in [-0.25, -0.2) is 0 Å². The molecule has 0 spiro atoms. The number of ether oxygens (including phenoxy) is 1. The molecule has 1 N–H and O–H groups in total. The van der Waals surface area contributed by atoms with Crippen molar-refractivity contribution in [2.75, 3.05) is 6.61 Å². The molecule has 5 nitrogen and oxygen atoms in total. The van der Waals surface area contributed by atoms with Gasteiger partial charge in [-0.3, -0.25) is 4.79 Å². The van der Waals surface area contributed by atoms with E-state index in [0.717, 1.165) is 33.3 Å². The molecule has 0 saturated carbocycles. The van der Waals surface area contributed by atoms with Crippen LogP contribution in [0.4, 0.5) is 0 Å². The van der Waals surface area contributed by atoms with E-state index >= 15 is 0 Å². The fourth-order valence-electron chi connectivity index (χ4n) is 3.17. The molecule has 6 heteroatoms. The van der Waals surface area contributed by atoms with E-state index < -0.39 is 0 Å². The van der Waals surface area contributed by atoms with Gasteiger partial charge in [0.05, 0.1) is 13.2 Å². The summed E-state index contributed by atoms with van der Waals surface area (Å²) in [6.07, 6.45) is 1.65. The van der Waals surface area contributed by atoms with Gasteiger partial charge >= 0.3 is 0 Å². The van der Waals surface area contributed by atoms with Crippen LogP contribution in [0.5, 0.6) is 5.75 Å². The number of aromatic nitrogens is 1. The summed E-state index contributed by atoms with van der Waals surface area (Å²) >= 11 is 1.57. The van der Waals surface area contributed by atoms with Gasteiger partial charge in [-0.05, 0) is 74.2 Å². The van der Waals surface area contributed by atoms with Gasteiger partial charge in [0.15, 0.2) is 0 Å². The van der Waals surface area contributed by atoms with Gasteiger partial charge in [0.25, 0.3) is 5.91 Å². The highest BCUT2D eigenvalue weighted by Gasteiger charge is 2.14. The summed E-state index contributed by atoms with van der Waals surface area (Å²) in [5.41, 5.74) is 3.93. The molecular weight excluding hydrogens is 382 g/mol. The highest BCUT2D eigenvalue weighted by molar-refractivity contribution is 7.09. The number of nitriles is 1. The van der Waals surface area contributed by atoms with Crippen molar-refractivity contribution in [2.45, 2.75) is 27.3 Å². The predicted octanol–water partition coefficient (Wildman–Crippen LogP) is 4.78. The maximum Gasteiger partial charge on any atom is 0.262 e. The molecule has 29 heavy (non-hydrogen) atoms. The highest BCUT2D eigenvalue weighted by atomic mass is 32.1. The number of carbonyl (C=O) groups is 1. The third-order valence-corrected chi connectivity index (χ3v) is 5.42. The molecule has 1 amide bonds. The summed E-state index contributed by atoms with van der Waals surface area (Å²) in [7, 11) is 0. The monoisotopic (exact) mass is 405 g/mol. The Kier molecular flexibility index (Phi) is 6.53. The molecule has 148 valence electrons. The lowest BCUT2D eigenvalue weighted by Gasteiger charge is -2.11. The average molecular weight is 406 g/mol. The lowest BCUT2D eigenvalue weighted by Crippen LogP contribution is -2.23. The summed E-state index contributed by atoms with van der Waals surface area (Å²) in [6.45, 7) is 6.98. The molecule has 2 aromatic heterocycles. The van der Waals surface area contributed by atoms with Crippen molar-refractivity contribution in [1.82, 2.24) is 9.88 Å². The van der Waals surface area contributed by atoms with Crippen molar-refractivity contribution in [2.24, 2.45) is 0 Å². The Morgan fingerprint density at radius 1 is 1.28 bits per heavy atom.